The summed E-state index contributed by atoms with van der Waals surface area (Å²) in [7, 11) is 0. The second kappa shape index (κ2) is 7.22. The van der Waals surface area contributed by atoms with E-state index in [1.165, 1.54) is 28.7 Å². The molecule has 130 valence electrons. The van der Waals surface area contributed by atoms with Gasteiger partial charge in [0.15, 0.2) is 5.13 Å². The van der Waals surface area contributed by atoms with E-state index < -0.39 is 0 Å². The predicted octanol–water partition coefficient (Wildman–Crippen LogP) is 4.93. The van der Waals surface area contributed by atoms with E-state index in [0.29, 0.717) is 6.54 Å². The van der Waals surface area contributed by atoms with Crippen molar-refractivity contribution in [3.05, 3.63) is 40.9 Å². The number of hydrogen-bond acceptors (Lipinski definition) is 6. The summed E-state index contributed by atoms with van der Waals surface area (Å²) in [5.74, 6) is 0.916. The molecule has 0 unspecified atom stereocenters. The highest BCUT2D eigenvalue weighted by Gasteiger charge is 2.15. The molecule has 4 rings (SSSR count). The lowest BCUT2D eigenvalue weighted by Gasteiger charge is -2.12. The number of benzene rings is 1. The number of anilines is 2. The van der Waals surface area contributed by atoms with Crippen LogP contribution in [0.2, 0.25) is 0 Å². The Bertz CT molecular complexity index is 884. The van der Waals surface area contributed by atoms with E-state index >= 15 is 0 Å². The highest BCUT2D eigenvalue weighted by Crippen LogP contribution is 2.27. The van der Waals surface area contributed by atoms with Gasteiger partial charge in [0.05, 0.1) is 17.8 Å². The van der Waals surface area contributed by atoms with Crippen LogP contribution in [0.3, 0.4) is 0 Å². The number of hydrogen-bond donors (Lipinski definition) is 1. The summed E-state index contributed by atoms with van der Waals surface area (Å²) >= 11 is 3.49. The van der Waals surface area contributed by atoms with Crippen molar-refractivity contribution in [2.24, 2.45) is 0 Å². The van der Waals surface area contributed by atoms with E-state index in [0.717, 1.165) is 35.2 Å². The summed E-state index contributed by atoms with van der Waals surface area (Å²) < 4.78 is 0. The summed E-state index contributed by atoms with van der Waals surface area (Å²) in [4.78, 5) is 13.2. The van der Waals surface area contributed by atoms with Gasteiger partial charge in [-0.2, -0.15) is 0 Å². The number of fused-ring (bicyclic) bond motifs is 1. The Morgan fingerprint density at radius 3 is 2.84 bits per heavy atom. The normalized spacial score (nSPS) is 14.4. The highest BCUT2D eigenvalue weighted by atomic mass is 32.2. The molecule has 1 fully saturated rings. The van der Waals surface area contributed by atoms with Crippen LogP contribution in [0.25, 0.3) is 10.9 Å². The Kier molecular flexibility index (Phi) is 4.81. The van der Waals surface area contributed by atoms with Gasteiger partial charge in [0.2, 0.25) is 0 Å². The van der Waals surface area contributed by atoms with E-state index in [-0.39, 0.29) is 0 Å². The lowest BCUT2D eigenvalue weighted by Crippen LogP contribution is -2.17. The molecule has 0 radical (unpaired) electrons. The zero-order chi connectivity index (χ0) is 17.2. The van der Waals surface area contributed by atoms with Crippen LogP contribution in [0.15, 0.2) is 34.5 Å². The topological polar surface area (TPSA) is 41.0 Å². The Labute approximate surface area is 156 Å². The third kappa shape index (κ3) is 3.60. The van der Waals surface area contributed by atoms with E-state index in [1.54, 1.807) is 23.1 Å². The summed E-state index contributed by atoms with van der Waals surface area (Å²) in [6.45, 7) is 5.14. The van der Waals surface area contributed by atoms with Crippen molar-refractivity contribution in [3.63, 3.8) is 0 Å². The molecule has 0 saturated carbocycles. The van der Waals surface area contributed by atoms with Crippen LogP contribution in [-0.2, 0) is 6.54 Å². The zero-order valence-electron chi connectivity index (χ0n) is 14.6. The van der Waals surface area contributed by atoms with Gasteiger partial charge < -0.3 is 10.2 Å². The van der Waals surface area contributed by atoms with Crippen molar-refractivity contribution in [2.45, 2.75) is 31.2 Å². The first-order valence-corrected chi connectivity index (χ1v) is 10.7. The van der Waals surface area contributed by atoms with Gasteiger partial charge in [0.1, 0.15) is 5.82 Å². The molecule has 1 aromatic carbocycles. The van der Waals surface area contributed by atoms with Gasteiger partial charge in [-0.25, -0.2) is 9.97 Å². The second-order valence-corrected chi connectivity index (χ2v) is 8.09. The molecule has 0 spiro atoms. The van der Waals surface area contributed by atoms with Crippen LogP contribution in [0.5, 0.6) is 0 Å². The number of aromatic nitrogens is 2. The first kappa shape index (κ1) is 16.7. The maximum Gasteiger partial charge on any atom is 0.185 e. The molecule has 0 amide bonds. The zero-order valence-corrected chi connectivity index (χ0v) is 16.2. The van der Waals surface area contributed by atoms with Crippen molar-refractivity contribution >= 4 is 45.0 Å². The van der Waals surface area contributed by atoms with Crippen LogP contribution in [0.1, 0.15) is 24.1 Å². The molecular formula is C19H22N4S2. The summed E-state index contributed by atoms with van der Waals surface area (Å²) in [6, 6.07) is 8.60. The Morgan fingerprint density at radius 2 is 2.04 bits per heavy atom. The average Bonchev–Trinajstić information content (AvgIpc) is 3.30. The molecule has 1 saturated heterocycles. The minimum absolute atomic E-state index is 0.713. The van der Waals surface area contributed by atoms with Gasteiger partial charge in [0, 0.05) is 28.8 Å². The SMILES string of the molecule is CSc1ccc2c(C)cc(NCc3csc(N4CCCC4)n3)nc2c1. The van der Waals surface area contributed by atoms with E-state index in [2.05, 4.69) is 53.0 Å². The van der Waals surface area contributed by atoms with E-state index in [9.17, 15) is 0 Å². The molecule has 4 nitrogen and oxygen atoms in total. The van der Waals surface area contributed by atoms with Crippen molar-refractivity contribution < 1.29 is 0 Å². The van der Waals surface area contributed by atoms with Gasteiger partial charge in [-0.3, -0.25) is 0 Å². The molecule has 3 aromatic rings. The molecule has 25 heavy (non-hydrogen) atoms. The molecule has 0 aliphatic carbocycles. The summed E-state index contributed by atoms with van der Waals surface area (Å²) in [5.41, 5.74) is 3.38. The van der Waals surface area contributed by atoms with Crippen LogP contribution in [0, 0.1) is 6.92 Å². The van der Waals surface area contributed by atoms with Gasteiger partial charge in [-0.1, -0.05) is 6.07 Å². The van der Waals surface area contributed by atoms with Crippen LogP contribution in [-0.4, -0.2) is 29.3 Å². The predicted molar refractivity (Wildman–Crippen MR) is 109 cm³/mol. The number of thiazole rings is 1. The first-order chi connectivity index (χ1) is 12.2. The number of aryl methyl sites for hydroxylation is 1. The fourth-order valence-corrected chi connectivity index (χ4v) is 4.52. The number of pyridine rings is 1. The summed E-state index contributed by atoms with van der Waals surface area (Å²) in [6.07, 6.45) is 4.66. The van der Waals surface area contributed by atoms with Gasteiger partial charge in [0.25, 0.3) is 0 Å². The minimum atomic E-state index is 0.713. The fraction of sp³-hybridized carbons (Fsp3) is 0.368. The van der Waals surface area contributed by atoms with Crippen LogP contribution >= 0.6 is 23.1 Å². The quantitative estimate of drug-likeness (QED) is 0.645. The van der Waals surface area contributed by atoms with Gasteiger partial charge >= 0.3 is 0 Å². The number of thioether (sulfide) groups is 1. The molecule has 0 bridgehead atoms. The maximum atomic E-state index is 4.78. The molecule has 6 heteroatoms. The van der Waals surface area contributed by atoms with Crippen molar-refractivity contribution in [2.75, 3.05) is 29.6 Å². The van der Waals surface area contributed by atoms with Crippen LogP contribution < -0.4 is 10.2 Å². The maximum absolute atomic E-state index is 4.78. The molecule has 2 aromatic heterocycles. The standard InChI is InChI=1S/C19H22N4S2/c1-13-9-18(22-17-10-15(24-2)5-6-16(13)17)20-11-14-12-25-19(21-14)23-7-3-4-8-23/h5-6,9-10,12H,3-4,7-8,11H2,1-2H3,(H,20,22). The lowest BCUT2D eigenvalue weighted by atomic mass is 10.1. The van der Waals surface area contributed by atoms with E-state index in [1.807, 2.05) is 0 Å². The van der Waals surface area contributed by atoms with E-state index in [4.69, 9.17) is 9.97 Å². The molecular weight excluding hydrogens is 348 g/mol. The van der Waals surface area contributed by atoms with Gasteiger partial charge in [-0.05, 0) is 49.8 Å². The number of nitrogens with zero attached hydrogens (tertiary/aromatic N) is 3. The lowest BCUT2D eigenvalue weighted by molar-refractivity contribution is 0.941. The van der Waals surface area contributed by atoms with Gasteiger partial charge in [-0.15, -0.1) is 23.1 Å². The first-order valence-electron chi connectivity index (χ1n) is 8.61. The Balaban J connectivity index is 1.50. The third-order valence-corrected chi connectivity index (χ3v) is 6.27. The molecule has 1 N–H and O–H groups in total. The average molecular weight is 371 g/mol. The monoisotopic (exact) mass is 370 g/mol. The van der Waals surface area contributed by atoms with Crippen molar-refractivity contribution in [1.29, 1.82) is 0 Å². The highest BCUT2D eigenvalue weighted by molar-refractivity contribution is 7.98. The second-order valence-electron chi connectivity index (χ2n) is 6.38. The fourth-order valence-electron chi connectivity index (χ4n) is 3.21. The molecule has 3 heterocycles. The number of rotatable bonds is 5. The third-order valence-electron chi connectivity index (χ3n) is 4.59. The Hall–Kier alpha value is -1.79. The summed E-state index contributed by atoms with van der Waals surface area (Å²) in [5, 5.41) is 7.97. The van der Waals surface area contributed by atoms with Crippen molar-refractivity contribution in [3.8, 4) is 0 Å². The van der Waals surface area contributed by atoms with Crippen LogP contribution in [0.4, 0.5) is 10.9 Å². The van der Waals surface area contributed by atoms with Crippen molar-refractivity contribution in [1.82, 2.24) is 9.97 Å². The minimum Gasteiger partial charge on any atom is -0.364 e. The largest absolute Gasteiger partial charge is 0.364 e. The molecule has 0 atom stereocenters. The number of nitrogens with one attached hydrogen (secondary N) is 1. The molecule has 1 aliphatic heterocycles. The Morgan fingerprint density at radius 1 is 1.20 bits per heavy atom. The smallest absolute Gasteiger partial charge is 0.185 e. The molecule has 1 aliphatic rings.